The highest BCUT2D eigenvalue weighted by molar-refractivity contribution is 7.11. The minimum Gasteiger partial charge on any atom is -0.467 e. The minimum absolute atomic E-state index is 0.0718. The maximum atomic E-state index is 13.4. The van der Waals surface area contributed by atoms with E-state index in [0.717, 1.165) is 5.56 Å². The van der Waals surface area contributed by atoms with Gasteiger partial charge < -0.3 is 15.2 Å². The molecule has 0 unspecified atom stereocenters. The van der Waals surface area contributed by atoms with Crippen LogP contribution < -0.4 is 15.2 Å². The van der Waals surface area contributed by atoms with E-state index >= 15 is 0 Å². The van der Waals surface area contributed by atoms with Crippen LogP contribution in [0.4, 0.5) is 10.1 Å². The standard InChI is InChI=1S/C14H11FN4O2S/c1-20-13-17-5-8(6-18-13)12-7-22-14(19-12)21-9-2-3-11(16)10(15)4-9/h2-7H,16H2,1H3. The van der Waals surface area contributed by atoms with Crippen molar-refractivity contribution < 1.29 is 13.9 Å². The summed E-state index contributed by atoms with van der Waals surface area (Å²) in [6, 6.07) is 4.52. The Labute approximate surface area is 129 Å². The summed E-state index contributed by atoms with van der Waals surface area (Å²) < 4.78 is 23.8. The smallest absolute Gasteiger partial charge is 0.316 e. The molecule has 8 heteroatoms. The first kappa shape index (κ1) is 14.2. The average molecular weight is 318 g/mol. The third-order valence-corrected chi connectivity index (χ3v) is 3.48. The Morgan fingerprint density at radius 1 is 1.23 bits per heavy atom. The van der Waals surface area contributed by atoms with Crippen molar-refractivity contribution in [2.24, 2.45) is 0 Å². The number of rotatable bonds is 4. The molecule has 0 amide bonds. The van der Waals surface area contributed by atoms with Gasteiger partial charge in [0.15, 0.2) is 0 Å². The van der Waals surface area contributed by atoms with E-state index in [9.17, 15) is 4.39 Å². The number of hydrogen-bond donors (Lipinski definition) is 1. The highest BCUT2D eigenvalue weighted by Gasteiger charge is 2.09. The van der Waals surface area contributed by atoms with Crippen molar-refractivity contribution in [2.75, 3.05) is 12.8 Å². The van der Waals surface area contributed by atoms with Crippen molar-refractivity contribution in [3.05, 3.63) is 41.8 Å². The average Bonchev–Trinajstić information content (AvgIpc) is 2.99. The molecular weight excluding hydrogens is 307 g/mol. The number of anilines is 1. The lowest BCUT2D eigenvalue weighted by atomic mass is 10.3. The zero-order valence-electron chi connectivity index (χ0n) is 11.5. The van der Waals surface area contributed by atoms with Crippen LogP contribution in [0.2, 0.25) is 0 Å². The van der Waals surface area contributed by atoms with Gasteiger partial charge in [-0.25, -0.2) is 19.3 Å². The molecule has 22 heavy (non-hydrogen) atoms. The van der Waals surface area contributed by atoms with Crippen molar-refractivity contribution in [1.82, 2.24) is 15.0 Å². The molecule has 0 bridgehead atoms. The quantitative estimate of drug-likeness (QED) is 0.744. The molecule has 2 N–H and O–H groups in total. The third-order valence-electron chi connectivity index (χ3n) is 2.77. The van der Waals surface area contributed by atoms with Crippen LogP contribution >= 0.6 is 11.3 Å². The van der Waals surface area contributed by atoms with Crippen LogP contribution in [0.3, 0.4) is 0 Å². The SMILES string of the molecule is COc1ncc(-c2csc(Oc3ccc(N)c(F)c3)n2)cn1. The molecule has 0 saturated heterocycles. The Kier molecular flexibility index (Phi) is 3.84. The number of ether oxygens (including phenoxy) is 2. The fourth-order valence-electron chi connectivity index (χ4n) is 1.66. The maximum absolute atomic E-state index is 13.4. The molecule has 2 aromatic heterocycles. The van der Waals surface area contributed by atoms with Crippen molar-refractivity contribution in [2.45, 2.75) is 0 Å². The van der Waals surface area contributed by atoms with E-state index in [-0.39, 0.29) is 11.7 Å². The molecule has 0 fully saturated rings. The van der Waals surface area contributed by atoms with Gasteiger partial charge in [0.05, 0.1) is 18.5 Å². The molecule has 3 aromatic rings. The van der Waals surface area contributed by atoms with Crippen molar-refractivity contribution in [1.29, 1.82) is 0 Å². The fourth-order valence-corrected chi connectivity index (χ4v) is 2.36. The first-order valence-corrected chi connectivity index (χ1v) is 7.08. The van der Waals surface area contributed by atoms with Crippen molar-refractivity contribution in [3.63, 3.8) is 0 Å². The summed E-state index contributed by atoms with van der Waals surface area (Å²) in [6.07, 6.45) is 3.21. The van der Waals surface area contributed by atoms with Crippen LogP contribution in [0.25, 0.3) is 11.3 Å². The van der Waals surface area contributed by atoms with E-state index in [1.807, 2.05) is 0 Å². The predicted molar refractivity (Wildman–Crippen MR) is 80.6 cm³/mol. The van der Waals surface area contributed by atoms with E-state index in [0.29, 0.717) is 16.6 Å². The molecule has 0 aliphatic heterocycles. The van der Waals surface area contributed by atoms with Crippen LogP contribution in [0.15, 0.2) is 36.0 Å². The van der Waals surface area contributed by atoms with Crippen LogP contribution in [-0.4, -0.2) is 22.1 Å². The molecule has 2 heterocycles. The second-order valence-corrected chi connectivity index (χ2v) is 5.06. The summed E-state index contributed by atoms with van der Waals surface area (Å²) in [5, 5.41) is 2.18. The Hall–Kier alpha value is -2.74. The first-order chi connectivity index (χ1) is 10.7. The molecule has 0 aliphatic rings. The summed E-state index contributed by atoms with van der Waals surface area (Å²) in [5.41, 5.74) is 6.89. The second kappa shape index (κ2) is 5.94. The van der Waals surface area contributed by atoms with E-state index in [2.05, 4.69) is 15.0 Å². The zero-order chi connectivity index (χ0) is 15.5. The van der Waals surface area contributed by atoms with Gasteiger partial charge in [-0.05, 0) is 12.1 Å². The van der Waals surface area contributed by atoms with E-state index in [1.165, 1.54) is 30.6 Å². The van der Waals surface area contributed by atoms with E-state index < -0.39 is 5.82 Å². The normalized spacial score (nSPS) is 10.5. The van der Waals surface area contributed by atoms with Gasteiger partial charge in [-0.1, -0.05) is 11.3 Å². The number of methoxy groups -OCH3 is 1. The molecule has 112 valence electrons. The van der Waals surface area contributed by atoms with Crippen molar-refractivity contribution in [3.8, 4) is 28.2 Å². The lowest BCUT2D eigenvalue weighted by molar-refractivity contribution is 0.380. The van der Waals surface area contributed by atoms with Gasteiger partial charge >= 0.3 is 6.01 Å². The molecule has 6 nitrogen and oxygen atoms in total. The Balaban J connectivity index is 1.79. The number of nitrogen functional groups attached to an aromatic ring is 1. The maximum Gasteiger partial charge on any atom is 0.316 e. The second-order valence-electron chi connectivity index (χ2n) is 4.24. The number of benzene rings is 1. The Morgan fingerprint density at radius 2 is 2.00 bits per heavy atom. The number of nitrogens with zero attached hydrogens (tertiary/aromatic N) is 3. The number of hydrogen-bond acceptors (Lipinski definition) is 7. The first-order valence-electron chi connectivity index (χ1n) is 6.20. The summed E-state index contributed by atoms with van der Waals surface area (Å²) in [7, 11) is 1.50. The molecule has 0 atom stereocenters. The summed E-state index contributed by atoms with van der Waals surface area (Å²) in [4.78, 5) is 12.3. The Morgan fingerprint density at radius 3 is 2.68 bits per heavy atom. The zero-order valence-corrected chi connectivity index (χ0v) is 12.3. The fraction of sp³-hybridized carbons (Fsp3) is 0.0714. The van der Waals surface area contributed by atoms with Crippen LogP contribution in [-0.2, 0) is 0 Å². The van der Waals surface area contributed by atoms with Gasteiger partial charge in [-0.2, -0.15) is 0 Å². The van der Waals surface area contributed by atoms with Crippen LogP contribution in [0.1, 0.15) is 0 Å². The monoisotopic (exact) mass is 318 g/mol. The van der Waals surface area contributed by atoms with Crippen molar-refractivity contribution >= 4 is 17.0 Å². The van der Waals surface area contributed by atoms with E-state index in [1.54, 1.807) is 23.8 Å². The molecule has 1 aromatic carbocycles. The number of nitrogens with two attached hydrogens (primary N) is 1. The topological polar surface area (TPSA) is 83.2 Å². The molecule has 0 saturated carbocycles. The summed E-state index contributed by atoms with van der Waals surface area (Å²) in [5.74, 6) is -0.198. The minimum atomic E-state index is -0.530. The number of aromatic nitrogens is 3. The summed E-state index contributed by atoms with van der Waals surface area (Å²) in [6.45, 7) is 0. The number of thiazole rings is 1. The van der Waals surface area contributed by atoms with Gasteiger partial charge in [0.2, 0.25) is 0 Å². The summed E-state index contributed by atoms with van der Waals surface area (Å²) >= 11 is 1.29. The Bertz CT molecular complexity index is 792. The largest absolute Gasteiger partial charge is 0.467 e. The van der Waals surface area contributed by atoms with Gasteiger partial charge in [0.25, 0.3) is 5.19 Å². The van der Waals surface area contributed by atoms with Gasteiger partial charge in [-0.15, -0.1) is 0 Å². The van der Waals surface area contributed by atoms with Gasteiger partial charge in [-0.3, -0.25) is 0 Å². The predicted octanol–water partition coefficient (Wildman–Crippen LogP) is 3.12. The molecule has 0 aliphatic carbocycles. The molecule has 0 spiro atoms. The van der Waals surface area contributed by atoms with E-state index in [4.69, 9.17) is 15.2 Å². The highest BCUT2D eigenvalue weighted by Crippen LogP contribution is 2.30. The lowest BCUT2D eigenvalue weighted by Gasteiger charge is -2.03. The molecule has 0 radical (unpaired) electrons. The third kappa shape index (κ3) is 2.96. The van der Waals surface area contributed by atoms with Crippen LogP contribution in [0, 0.1) is 5.82 Å². The van der Waals surface area contributed by atoms with Gasteiger partial charge in [0, 0.05) is 29.4 Å². The molecule has 3 rings (SSSR count). The van der Waals surface area contributed by atoms with Crippen LogP contribution in [0.5, 0.6) is 17.0 Å². The van der Waals surface area contributed by atoms with Gasteiger partial charge in [0.1, 0.15) is 11.6 Å². The highest BCUT2D eigenvalue weighted by atomic mass is 32.1. The lowest BCUT2D eigenvalue weighted by Crippen LogP contribution is -1.92. The number of halogens is 1. The molecular formula is C14H11FN4O2S.